The molecule has 2 aromatic rings. The molecule has 0 unspecified atom stereocenters. The highest BCUT2D eigenvalue weighted by Gasteiger charge is 2.07. The molecule has 0 aliphatic heterocycles. The Morgan fingerprint density at radius 3 is 2.62 bits per heavy atom. The van der Waals surface area contributed by atoms with Gasteiger partial charge in [0, 0.05) is 12.1 Å². The van der Waals surface area contributed by atoms with Crippen LogP contribution in [0.3, 0.4) is 0 Å². The van der Waals surface area contributed by atoms with E-state index in [1.54, 1.807) is 0 Å². The molecule has 0 saturated heterocycles. The molecule has 0 amide bonds. The summed E-state index contributed by atoms with van der Waals surface area (Å²) in [5, 5.41) is 4.55. The van der Waals surface area contributed by atoms with Crippen LogP contribution in [0.1, 0.15) is 31.0 Å². The van der Waals surface area contributed by atoms with Gasteiger partial charge in [-0.15, -0.1) is 11.6 Å². The summed E-state index contributed by atoms with van der Waals surface area (Å²) >= 11 is 5.91. The van der Waals surface area contributed by atoms with E-state index in [0.29, 0.717) is 11.8 Å². The van der Waals surface area contributed by atoms with Crippen LogP contribution in [0.4, 0.5) is 0 Å². The minimum Gasteiger partial charge on any atom is -0.240 e. The van der Waals surface area contributed by atoms with Gasteiger partial charge in [-0.05, 0) is 23.6 Å². The highest BCUT2D eigenvalue weighted by molar-refractivity contribution is 6.17. The van der Waals surface area contributed by atoms with Crippen molar-refractivity contribution in [2.45, 2.75) is 25.6 Å². The summed E-state index contributed by atoms with van der Waals surface area (Å²) < 4.78 is 1.90. The molecule has 0 fully saturated rings. The lowest BCUT2D eigenvalue weighted by Crippen LogP contribution is -2.00. The zero-order chi connectivity index (χ0) is 11.5. The largest absolute Gasteiger partial charge is 0.240 e. The Bertz CT molecular complexity index is 474. The van der Waals surface area contributed by atoms with Gasteiger partial charge in [-0.25, -0.2) is 4.68 Å². The van der Waals surface area contributed by atoms with E-state index in [-0.39, 0.29) is 0 Å². The van der Waals surface area contributed by atoms with E-state index in [0.717, 1.165) is 16.9 Å². The zero-order valence-electron chi connectivity index (χ0n) is 9.52. The maximum absolute atomic E-state index is 5.91. The standard InChI is InChI=1S/C13H15ClN2/c1-10(2)12-7-8-16(15-12)13-6-4-3-5-11(13)9-14/h3-8,10H,9H2,1-2H3. The number of aromatic nitrogens is 2. The van der Waals surface area contributed by atoms with Gasteiger partial charge < -0.3 is 0 Å². The Labute approximate surface area is 101 Å². The topological polar surface area (TPSA) is 17.8 Å². The number of halogens is 1. The molecule has 1 aromatic heterocycles. The summed E-state index contributed by atoms with van der Waals surface area (Å²) in [4.78, 5) is 0. The number of alkyl halides is 1. The smallest absolute Gasteiger partial charge is 0.0689 e. The maximum Gasteiger partial charge on any atom is 0.0689 e. The fourth-order valence-electron chi connectivity index (χ4n) is 1.63. The van der Waals surface area contributed by atoms with Crippen LogP contribution < -0.4 is 0 Å². The number of hydrogen-bond acceptors (Lipinski definition) is 1. The molecule has 0 aliphatic carbocycles. The van der Waals surface area contributed by atoms with Crippen LogP contribution >= 0.6 is 11.6 Å². The second-order valence-electron chi connectivity index (χ2n) is 4.10. The van der Waals surface area contributed by atoms with E-state index in [4.69, 9.17) is 11.6 Å². The molecule has 0 N–H and O–H groups in total. The molecule has 0 atom stereocenters. The molecule has 2 nitrogen and oxygen atoms in total. The first-order valence-electron chi connectivity index (χ1n) is 5.42. The normalized spacial score (nSPS) is 11.0. The van der Waals surface area contributed by atoms with Gasteiger partial charge >= 0.3 is 0 Å². The van der Waals surface area contributed by atoms with Gasteiger partial charge in [0.05, 0.1) is 11.4 Å². The monoisotopic (exact) mass is 234 g/mol. The minimum atomic E-state index is 0.449. The number of nitrogens with zero attached hydrogens (tertiary/aromatic N) is 2. The molecular weight excluding hydrogens is 220 g/mol. The number of para-hydroxylation sites is 1. The summed E-state index contributed by atoms with van der Waals surface area (Å²) in [7, 11) is 0. The van der Waals surface area contributed by atoms with E-state index < -0.39 is 0 Å². The van der Waals surface area contributed by atoms with Crippen molar-refractivity contribution in [2.75, 3.05) is 0 Å². The van der Waals surface area contributed by atoms with Crippen LogP contribution in [-0.4, -0.2) is 9.78 Å². The summed E-state index contributed by atoms with van der Waals surface area (Å²) in [5.74, 6) is 0.956. The summed E-state index contributed by atoms with van der Waals surface area (Å²) in [6.07, 6.45) is 1.99. The fraction of sp³-hybridized carbons (Fsp3) is 0.308. The van der Waals surface area contributed by atoms with Crippen LogP contribution in [0.25, 0.3) is 5.69 Å². The first-order valence-corrected chi connectivity index (χ1v) is 5.95. The lowest BCUT2D eigenvalue weighted by molar-refractivity contribution is 0.766. The Morgan fingerprint density at radius 1 is 1.25 bits per heavy atom. The maximum atomic E-state index is 5.91. The molecule has 0 aliphatic rings. The van der Waals surface area contributed by atoms with E-state index in [2.05, 4.69) is 25.0 Å². The summed E-state index contributed by atoms with van der Waals surface area (Å²) in [6.45, 7) is 4.28. The molecule has 16 heavy (non-hydrogen) atoms. The molecule has 3 heteroatoms. The average molecular weight is 235 g/mol. The lowest BCUT2D eigenvalue weighted by Gasteiger charge is -2.06. The highest BCUT2D eigenvalue weighted by Crippen LogP contribution is 2.18. The Hall–Kier alpha value is -1.28. The van der Waals surface area contributed by atoms with Gasteiger partial charge in [0.2, 0.25) is 0 Å². The average Bonchev–Trinajstić information content (AvgIpc) is 2.78. The summed E-state index contributed by atoms with van der Waals surface area (Å²) in [5.41, 5.74) is 3.26. The van der Waals surface area contributed by atoms with E-state index in [9.17, 15) is 0 Å². The number of rotatable bonds is 3. The predicted molar refractivity (Wildman–Crippen MR) is 67.2 cm³/mol. The molecule has 0 bridgehead atoms. The van der Waals surface area contributed by atoms with Crippen LogP contribution in [0.2, 0.25) is 0 Å². The van der Waals surface area contributed by atoms with Gasteiger partial charge in [0.1, 0.15) is 0 Å². The van der Waals surface area contributed by atoms with Crippen LogP contribution in [0, 0.1) is 0 Å². The SMILES string of the molecule is CC(C)c1ccn(-c2ccccc2CCl)n1. The fourth-order valence-corrected chi connectivity index (χ4v) is 1.85. The van der Waals surface area contributed by atoms with Crippen molar-refractivity contribution in [1.29, 1.82) is 0 Å². The molecule has 1 aromatic carbocycles. The van der Waals surface area contributed by atoms with Crippen molar-refractivity contribution in [1.82, 2.24) is 9.78 Å². The second-order valence-corrected chi connectivity index (χ2v) is 4.37. The molecule has 0 radical (unpaired) electrons. The number of benzene rings is 1. The van der Waals surface area contributed by atoms with E-state index in [1.807, 2.05) is 35.1 Å². The third-order valence-corrected chi connectivity index (χ3v) is 2.87. The summed E-state index contributed by atoms with van der Waals surface area (Å²) in [6, 6.07) is 10.1. The van der Waals surface area contributed by atoms with Crippen LogP contribution in [0.5, 0.6) is 0 Å². The van der Waals surface area contributed by atoms with Crippen molar-refractivity contribution in [3.63, 3.8) is 0 Å². The van der Waals surface area contributed by atoms with Crippen molar-refractivity contribution in [3.8, 4) is 5.69 Å². The van der Waals surface area contributed by atoms with E-state index >= 15 is 0 Å². The molecule has 0 saturated carbocycles. The van der Waals surface area contributed by atoms with Crippen LogP contribution in [0.15, 0.2) is 36.5 Å². The quantitative estimate of drug-likeness (QED) is 0.740. The lowest BCUT2D eigenvalue weighted by atomic mass is 10.1. The van der Waals surface area contributed by atoms with Crippen molar-refractivity contribution < 1.29 is 0 Å². The van der Waals surface area contributed by atoms with E-state index in [1.165, 1.54) is 0 Å². The Morgan fingerprint density at radius 2 is 2.00 bits per heavy atom. The molecule has 84 valence electrons. The third-order valence-electron chi connectivity index (χ3n) is 2.58. The van der Waals surface area contributed by atoms with Crippen LogP contribution in [-0.2, 0) is 5.88 Å². The van der Waals surface area contributed by atoms with Crippen molar-refractivity contribution >= 4 is 11.6 Å². The minimum absolute atomic E-state index is 0.449. The van der Waals surface area contributed by atoms with Gasteiger partial charge in [-0.1, -0.05) is 32.0 Å². The highest BCUT2D eigenvalue weighted by atomic mass is 35.5. The molecule has 0 spiro atoms. The molecular formula is C13H15ClN2. The van der Waals surface area contributed by atoms with Gasteiger partial charge in [-0.3, -0.25) is 0 Å². The first-order chi connectivity index (χ1) is 7.72. The second kappa shape index (κ2) is 4.71. The van der Waals surface area contributed by atoms with Gasteiger partial charge in [0.25, 0.3) is 0 Å². The van der Waals surface area contributed by atoms with Gasteiger partial charge in [-0.2, -0.15) is 5.10 Å². The molecule has 2 rings (SSSR count). The number of hydrogen-bond donors (Lipinski definition) is 0. The third kappa shape index (κ3) is 2.12. The zero-order valence-corrected chi connectivity index (χ0v) is 10.3. The predicted octanol–water partition coefficient (Wildman–Crippen LogP) is 3.73. The molecule has 1 heterocycles. The van der Waals surface area contributed by atoms with Gasteiger partial charge in [0.15, 0.2) is 0 Å². The Kier molecular flexibility index (Phi) is 3.30. The van der Waals surface area contributed by atoms with Crippen molar-refractivity contribution in [3.05, 3.63) is 47.8 Å². The Balaban J connectivity index is 2.42. The van der Waals surface area contributed by atoms with Crippen molar-refractivity contribution in [2.24, 2.45) is 0 Å². The first kappa shape index (κ1) is 11.2.